The number of carbonyl (C=O) groups is 3. The summed E-state index contributed by atoms with van der Waals surface area (Å²) in [5.74, 6) is -1.82. The van der Waals surface area contributed by atoms with Crippen molar-refractivity contribution in [3.63, 3.8) is 0 Å². The van der Waals surface area contributed by atoms with Crippen LogP contribution in [-0.4, -0.2) is 73.7 Å². The lowest BCUT2D eigenvalue weighted by molar-refractivity contribution is -0.384. The number of ether oxygens (including phenoxy) is 4. The van der Waals surface area contributed by atoms with Crippen LogP contribution in [0, 0.1) is 10.1 Å². The van der Waals surface area contributed by atoms with E-state index in [1.54, 1.807) is 16.7 Å². The minimum atomic E-state index is -1.07. The van der Waals surface area contributed by atoms with Crippen LogP contribution in [0.3, 0.4) is 0 Å². The van der Waals surface area contributed by atoms with Crippen molar-refractivity contribution in [1.82, 2.24) is 24.8 Å². The molecule has 4 N–H and O–H groups in total. The molecule has 1 fully saturated rings. The number of H-pyrrole nitrogens is 2. The molecule has 2 aliphatic heterocycles. The topological polar surface area (TPSA) is 251 Å². The number of imidazole rings is 1. The number of aliphatic imine (C=N–C) groups is 1. The summed E-state index contributed by atoms with van der Waals surface area (Å²) in [5, 5.41) is 16.4. The van der Waals surface area contributed by atoms with E-state index in [0.29, 0.717) is 17.9 Å². The highest BCUT2D eigenvalue weighted by Gasteiger charge is 2.41. The van der Waals surface area contributed by atoms with Gasteiger partial charge in [-0.25, -0.2) is 14.8 Å². The largest absolute Gasteiger partial charge is 0.463 e. The third-order valence-corrected chi connectivity index (χ3v) is 6.91. The quantitative estimate of drug-likeness (QED) is 0.133. The van der Waals surface area contributed by atoms with E-state index in [1.807, 2.05) is 4.98 Å². The standard InChI is InChI=1S/C27H28N8O11/c1-13(36)44-11-19-18(45-14(2)37)9-20(46-19)34-12-29-21-22(34)30-26(31-23(38)17-10-28-27(40)32-24(17)39)33-25(21)43-8-7-15-3-5-16(6-4-15)35(41)42/h3-6,10,12,18-20,25H,7-9,11H2,1-2H3,(H2,28,32,39,40)(H2,30,31,33,38)/t18-,19+,20+,25?/m0/s1. The van der Waals surface area contributed by atoms with Gasteiger partial charge in [0.15, 0.2) is 6.23 Å². The number of hydrogen-bond acceptors (Lipinski definition) is 14. The predicted molar refractivity (Wildman–Crippen MR) is 155 cm³/mol. The first-order valence-electron chi connectivity index (χ1n) is 13.8. The van der Waals surface area contributed by atoms with Crippen LogP contribution in [0.2, 0.25) is 0 Å². The lowest BCUT2D eigenvalue weighted by atomic mass is 10.1. The number of benzene rings is 1. The number of hydrogen-bond donors (Lipinski definition) is 4. The highest BCUT2D eigenvalue weighted by atomic mass is 16.6. The van der Waals surface area contributed by atoms with Crippen LogP contribution in [0.5, 0.6) is 0 Å². The van der Waals surface area contributed by atoms with Crippen molar-refractivity contribution >= 4 is 35.3 Å². The van der Waals surface area contributed by atoms with Gasteiger partial charge in [-0.1, -0.05) is 12.1 Å². The van der Waals surface area contributed by atoms with Crippen molar-refractivity contribution in [2.75, 3.05) is 18.5 Å². The summed E-state index contributed by atoms with van der Waals surface area (Å²) in [4.78, 5) is 83.2. The smallest absolute Gasteiger partial charge is 0.325 e. The monoisotopic (exact) mass is 640 g/mol. The Bertz CT molecular complexity index is 1800. The first-order chi connectivity index (χ1) is 22.0. The number of anilines is 1. The van der Waals surface area contributed by atoms with Crippen molar-refractivity contribution in [3.05, 3.63) is 84.6 Å². The van der Waals surface area contributed by atoms with Gasteiger partial charge >= 0.3 is 17.6 Å². The van der Waals surface area contributed by atoms with Crippen LogP contribution in [0.25, 0.3) is 0 Å². The number of guanidine groups is 1. The Hall–Kier alpha value is -5.69. The SMILES string of the molecule is CC(=O)OC[C@H]1O[C@@H](n2cnc3c2NC(NC(=O)c2c[nH]c(=O)[nH]c2=O)=NC3OCCc2ccc([N+](=O)[O-])cc2)C[C@@H]1OC(C)=O. The normalized spacial score (nSPS) is 20.2. The molecule has 46 heavy (non-hydrogen) atoms. The van der Waals surface area contributed by atoms with E-state index in [1.165, 1.54) is 32.3 Å². The van der Waals surface area contributed by atoms with Crippen LogP contribution in [0.4, 0.5) is 11.5 Å². The molecular weight excluding hydrogens is 612 g/mol. The van der Waals surface area contributed by atoms with Crippen molar-refractivity contribution in [1.29, 1.82) is 0 Å². The number of aromatic amines is 2. The van der Waals surface area contributed by atoms with Gasteiger partial charge in [0.05, 0.1) is 17.9 Å². The molecule has 0 bridgehead atoms. The average molecular weight is 641 g/mol. The maximum absolute atomic E-state index is 12.9. The van der Waals surface area contributed by atoms with Gasteiger partial charge in [0.2, 0.25) is 5.96 Å². The Morgan fingerprint density at radius 2 is 1.93 bits per heavy atom. The van der Waals surface area contributed by atoms with Crippen LogP contribution in [0.1, 0.15) is 54.3 Å². The van der Waals surface area contributed by atoms with E-state index in [4.69, 9.17) is 18.9 Å². The average Bonchev–Trinajstić information content (AvgIpc) is 3.59. The Labute approximate surface area is 258 Å². The van der Waals surface area contributed by atoms with E-state index in [2.05, 4.69) is 25.6 Å². The summed E-state index contributed by atoms with van der Waals surface area (Å²) in [6.45, 7) is 2.41. The molecule has 5 rings (SSSR count). The second-order valence-corrected chi connectivity index (χ2v) is 10.1. The fourth-order valence-corrected chi connectivity index (χ4v) is 4.79. The number of carbonyl (C=O) groups excluding carboxylic acids is 3. The van der Waals surface area contributed by atoms with Gasteiger partial charge in [0.1, 0.15) is 42.1 Å². The van der Waals surface area contributed by atoms with Gasteiger partial charge in [-0.3, -0.25) is 44.2 Å². The molecule has 242 valence electrons. The van der Waals surface area contributed by atoms with Gasteiger partial charge in [-0.2, -0.15) is 0 Å². The van der Waals surface area contributed by atoms with E-state index >= 15 is 0 Å². The van der Waals surface area contributed by atoms with Crippen molar-refractivity contribution in [2.45, 2.75) is 51.4 Å². The molecule has 19 nitrogen and oxygen atoms in total. The van der Waals surface area contributed by atoms with Crippen molar-refractivity contribution < 1.29 is 38.3 Å². The summed E-state index contributed by atoms with van der Waals surface area (Å²) in [6.07, 6.45) is -0.471. The number of non-ortho nitro benzene ring substituents is 1. The molecule has 0 radical (unpaired) electrons. The summed E-state index contributed by atoms with van der Waals surface area (Å²) in [6, 6.07) is 5.96. The Kier molecular flexibility index (Phi) is 9.33. The Morgan fingerprint density at radius 1 is 1.17 bits per heavy atom. The Balaban J connectivity index is 1.39. The zero-order chi connectivity index (χ0) is 33.0. The zero-order valence-corrected chi connectivity index (χ0v) is 24.4. The predicted octanol–water partition coefficient (Wildman–Crippen LogP) is 0.420. The van der Waals surface area contributed by atoms with E-state index < -0.39 is 64.2 Å². The zero-order valence-electron chi connectivity index (χ0n) is 24.4. The minimum Gasteiger partial charge on any atom is -0.463 e. The maximum Gasteiger partial charge on any atom is 0.325 e. The van der Waals surface area contributed by atoms with Gasteiger partial charge in [0.25, 0.3) is 17.2 Å². The number of aromatic nitrogens is 4. The number of nitrogens with one attached hydrogen (secondary N) is 4. The summed E-state index contributed by atoms with van der Waals surface area (Å²) >= 11 is 0. The summed E-state index contributed by atoms with van der Waals surface area (Å²) < 4.78 is 24.1. The van der Waals surface area contributed by atoms with Gasteiger partial charge in [0, 0.05) is 38.6 Å². The molecule has 0 spiro atoms. The van der Waals surface area contributed by atoms with Gasteiger partial charge in [-0.15, -0.1) is 0 Å². The molecule has 1 amide bonds. The maximum atomic E-state index is 12.9. The number of nitrogens with zero attached hydrogens (tertiary/aromatic N) is 4. The number of esters is 2. The second kappa shape index (κ2) is 13.5. The molecule has 4 heterocycles. The van der Waals surface area contributed by atoms with Crippen LogP contribution in [-0.2, 0) is 35.0 Å². The third-order valence-electron chi connectivity index (χ3n) is 6.91. The van der Waals surface area contributed by atoms with Crippen molar-refractivity contribution in [2.24, 2.45) is 4.99 Å². The molecule has 1 aromatic carbocycles. The van der Waals surface area contributed by atoms with Gasteiger partial charge in [-0.05, 0) is 12.0 Å². The number of rotatable bonds is 10. The highest BCUT2D eigenvalue weighted by molar-refractivity contribution is 6.10. The molecule has 2 aliphatic rings. The second-order valence-electron chi connectivity index (χ2n) is 10.1. The van der Waals surface area contributed by atoms with E-state index in [0.717, 1.165) is 11.8 Å². The van der Waals surface area contributed by atoms with Gasteiger partial charge < -0.3 is 29.2 Å². The molecule has 4 atom stereocenters. The highest BCUT2D eigenvalue weighted by Crippen LogP contribution is 2.37. The number of amides is 1. The fraction of sp³-hybridized carbons (Fsp3) is 0.370. The minimum absolute atomic E-state index is 0.0512. The van der Waals surface area contributed by atoms with Crippen LogP contribution < -0.4 is 21.9 Å². The number of fused-ring (bicyclic) bond motifs is 1. The first-order valence-corrected chi connectivity index (χ1v) is 13.8. The Morgan fingerprint density at radius 3 is 2.61 bits per heavy atom. The summed E-state index contributed by atoms with van der Waals surface area (Å²) in [5.41, 5.74) is -1.09. The molecule has 19 heteroatoms. The lowest BCUT2D eigenvalue weighted by Gasteiger charge is -2.25. The summed E-state index contributed by atoms with van der Waals surface area (Å²) in [7, 11) is 0. The molecule has 3 aromatic rings. The number of nitro groups is 1. The van der Waals surface area contributed by atoms with Crippen LogP contribution >= 0.6 is 0 Å². The lowest BCUT2D eigenvalue weighted by Crippen LogP contribution is -2.42. The molecule has 1 saturated heterocycles. The molecule has 0 aliphatic carbocycles. The third kappa shape index (κ3) is 7.33. The van der Waals surface area contributed by atoms with Crippen molar-refractivity contribution in [3.8, 4) is 0 Å². The van der Waals surface area contributed by atoms with Crippen LogP contribution in [0.15, 0.2) is 51.4 Å². The molecule has 1 unspecified atom stereocenters. The molecule has 2 aromatic heterocycles. The number of nitro benzene ring substituents is 1. The van der Waals surface area contributed by atoms with E-state index in [-0.39, 0.29) is 31.3 Å². The molecule has 0 saturated carbocycles. The first kappa shape index (κ1) is 31.7. The fourth-order valence-electron chi connectivity index (χ4n) is 4.79. The molecular formula is C27H28N8O11. The van der Waals surface area contributed by atoms with E-state index in [9.17, 15) is 34.1 Å².